The van der Waals surface area contributed by atoms with Gasteiger partial charge < -0.3 is 19.9 Å². The van der Waals surface area contributed by atoms with Crippen molar-refractivity contribution in [1.82, 2.24) is 10.2 Å². The van der Waals surface area contributed by atoms with Gasteiger partial charge in [0.25, 0.3) is 0 Å². The fraction of sp³-hybridized carbons (Fsp3) is 0.409. The van der Waals surface area contributed by atoms with Gasteiger partial charge in [-0.1, -0.05) is 12.1 Å². The molecule has 0 aromatic heterocycles. The second-order valence-corrected chi connectivity index (χ2v) is 7.62. The maximum absolute atomic E-state index is 13.2. The van der Waals surface area contributed by atoms with Crippen LogP contribution in [0.1, 0.15) is 18.4 Å². The third-order valence-electron chi connectivity index (χ3n) is 5.89. The lowest BCUT2D eigenvalue weighted by Gasteiger charge is -2.36. The Morgan fingerprint density at radius 2 is 1.68 bits per heavy atom. The molecule has 28 heavy (non-hydrogen) atoms. The lowest BCUT2D eigenvalue weighted by Crippen LogP contribution is -2.52. The SMILES string of the molecule is COc1ccc(N2CCN(C(=O)NCC3(c4ccc(F)cc4)CC3)CC2)cc1. The molecule has 2 aromatic carbocycles. The first-order chi connectivity index (χ1) is 13.6. The average Bonchev–Trinajstić information content (AvgIpc) is 3.54. The van der Waals surface area contributed by atoms with Crippen LogP contribution in [-0.2, 0) is 5.41 Å². The largest absolute Gasteiger partial charge is 0.497 e. The molecule has 4 rings (SSSR count). The number of amides is 2. The smallest absolute Gasteiger partial charge is 0.317 e. The molecule has 1 aliphatic carbocycles. The molecule has 2 amide bonds. The van der Waals surface area contributed by atoms with E-state index in [1.165, 1.54) is 12.1 Å². The van der Waals surface area contributed by atoms with Crippen molar-refractivity contribution < 1.29 is 13.9 Å². The number of rotatable bonds is 5. The van der Waals surface area contributed by atoms with Gasteiger partial charge in [0.15, 0.2) is 0 Å². The molecule has 148 valence electrons. The predicted molar refractivity (Wildman–Crippen MR) is 107 cm³/mol. The molecule has 0 unspecified atom stereocenters. The minimum Gasteiger partial charge on any atom is -0.497 e. The summed E-state index contributed by atoms with van der Waals surface area (Å²) in [5.41, 5.74) is 2.24. The fourth-order valence-corrected chi connectivity index (χ4v) is 3.84. The Bertz CT molecular complexity index is 811. The zero-order valence-electron chi connectivity index (χ0n) is 16.2. The second-order valence-electron chi connectivity index (χ2n) is 7.62. The first-order valence-electron chi connectivity index (χ1n) is 9.77. The second kappa shape index (κ2) is 7.70. The molecule has 5 nitrogen and oxygen atoms in total. The van der Waals surface area contributed by atoms with Gasteiger partial charge in [-0.25, -0.2) is 9.18 Å². The van der Waals surface area contributed by atoms with E-state index in [0.29, 0.717) is 19.6 Å². The van der Waals surface area contributed by atoms with Crippen LogP contribution in [-0.4, -0.2) is 50.8 Å². The number of hydrogen-bond donors (Lipinski definition) is 1. The Morgan fingerprint density at radius 3 is 2.25 bits per heavy atom. The Hall–Kier alpha value is -2.76. The van der Waals surface area contributed by atoms with Crippen LogP contribution in [0.15, 0.2) is 48.5 Å². The molecule has 2 fully saturated rings. The quantitative estimate of drug-likeness (QED) is 0.861. The highest BCUT2D eigenvalue weighted by Crippen LogP contribution is 2.47. The van der Waals surface area contributed by atoms with Crippen molar-refractivity contribution >= 4 is 11.7 Å². The summed E-state index contributed by atoms with van der Waals surface area (Å²) in [5.74, 6) is 0.621. The van der Waals surface area contributed by atoms with Crippen LogP contribution in [0.25, 0.3) is 0 Å². The van der Waals surface area contributed by atoms with Gasteiger partial charge in [-0.05, 0) is 54.8 Å². The summed E-state index contributed by atoms with van der Waals surface area (Å²) in [5, 5.41) is 3.10. The van der Waals surface area contributed by atoms with Crippen LogP contribution in [0.4, 0.5) is 14.9 Å². The molecule has 6 heteroatoms. The van der Waals surface area contributed by atoms with E-state index >= 15 is 0 Å². The summed E-state index contributed by atoms with van der Waals surface area (Å²) in [6, 6.07) is 14.7. The Kier molecular flexibility index (Phi) is 5.11. The van der Waals surface area contributed by atoms with Gasteiger partial charge in [-0.15, -0.1) is 0 Å². The van der Waals surface area contributed by atoms with Crippen molar-refractivity contribution in [3.05, 3.63) is 59.9 Å². The van der Waals surface area contributed by atoms with Gasteiger partial charge in [0.05, 0.1) is 7.11 Å². The van der Waals surface area contributed by atoms with E-state index in [4.69, 9.17) is 4.74 Å². The number of piperazine rings is 1. The Labute approximate surface area is 165 Å². The summed E-state index contributed by atoms with van der Waals surface area (Å²) >= 11 is 0. The number of urea groups is 1. The summed E-state index contributed by atoms with van der Waals surface area (Å²) in [6.45, 7) is 3.62. The van der Waals surface area contributed by atoms with E-state index in [1.54, 1.807) is 7.11 Å². The highest BCUT2D eigenvalue weighted by Gasteiger charge is 2.44. The standard InChI is InChI=1S/C22H26FN3O2/c1-28-20-8-6-19(7-9-20)25-12-14-26(15-13-25)21(27)24-16-22(10-11-22)17-2-4-18(23)5-3-17/h2-9H,10-16H2,1H3,(H,24,27). The number of halogens is 1. The summed E-state index contributed by atoms with van der Waals surface area (Å²) < 4.78 is 18.4. The minimum atomic E-state index is -0.224. The number of nitrogens with zero attached hydrogens (tertiary/aromatic N) is 2. The first-order valence-corrected chi connectivity index (χ1v) is 9.77. The van der Waals surface area contributed by atoms with Crippen molar-refractivity contribution in [1.29, 1.82) is 0 Å². The van der Waals surface area contributed by atoms with Gasteiger partial charge in [0, 0.05) is 43.8 Å². The first kappa shape index (κ1) is 18.6. The lowest BCUT2D eigenvalue weighted by atomic mass is 9.96. The van der Waals surface area contributed by atoms with E-state index in [1.807, 2.05) is 41.3 Å². The van der Waals surface area contributed by atoms with Gasteiger partial charge in [-0.2, -0.15) is 0 Å². The van der Waals surface area contributed by atoms with Crippen molar-refractivity contribution in [3.8, 4) is 5.75 Å². The van der Waals surface area contributed by atoms with Crippen molar-refractivity contribution in [3.63, 3.8) is 0 Å². The number of nitrogens with one attached hydrogen (secondary N) is 1. The topological polar surface area (TPSA) is 44.8 Å². The van der Waals surface area contributed by atoms with Gasteiger partial charge in [0.1, 0.15) is 11.6 Å². The molecule has 0 spiro atoms. The minimum absolute atomic E-state index is 0.0113. The van der Waals surface area contributed by atoms with Gasteiger partial charge in [-0.3, -0.25) is 0 Å². The molecule has 1 saturated carbocycles. The summed E-state index contributed by atoms with van der Waals surface area (Å²) in [7, 11) is 1.66. The average molecular weight is 383 g/mol. The third-order valence-corrected chi connectivity index (χ3v) is 5.89. The normalized spacial score (nSPS) is 17.9. The number of methoxy groups -OCH3 is 1. The van der Waals surface area contributed by atoms with Crippen molar-refractivity contribution in [2.75, 3.05) is 44.7 Å². The highest BCUT2D eigenvalue weighted by atomic mass is 19.1. The van der Waals surface area contributed by atoms with Crippen molar-refractivity contribution in [2.24, 2.45) is 0 Å². The van der Waals surface area contributed by atoms with E-state index in [2.05, 4.69) is 10.2 Å². The number of ether oxygens (including phenoxy) is 1. The number of anilines is 1. The van der Waals surface area contributed by atoms with Crippen LogP contribution < -0.4 is 15.0 Å². The van der Waals surface area contributed by atoms with E-state index < -0.39 is 0 Å². The van der Waals surface area contributed by atoms with Crippen LogP contribution in [0.2, 0.25) is 0 Å². The molecule has 0 bridgehead atoms. The lowest BCUT2D eigenvalue weighted by molar-refractivity contribution is 0.193. The van der Waals surface area contributed by atoms with Crippen LogP contribution in [0.3, 0.4) is 0 Å². The molecule has 0 radical (unpaired) electrons. The zero-order valence-corrected chi connectivity index (χ0v) is 16.2. The van der Waals surface area contributed by atoms with E-state index in [0.717, 1.165) is 42.9 Å². The Morgan fingerprint density at radius 1 is 1.04 bits per heavy atom. The molecule has 2 aromatic rings. The monoisotopic (exact) mass is 383 g/mol. The summed E-state index contributed by atoms with van der Waals surface area (Å²) in [6.07, 6.45) is 2.06. The molecule has 1 aliphatic heterocycles. The third kappa shape index (κ3) is 3.91. The predicted octanol–water partition coefficient (Wildman–Crippen LogP) is 3.40. The molecule has 1 heterocycles. The van der Waals surface area contributed by atoms with Crippen LogP contribution in [0, 0.1) is 5.82 Å². The van der Waals surface area contributed by atoms with Crippen LogP contribution in [0.5, 0.6) is 5.75 Å². The van der Waals surface area contributed by atoms with Crippen LogP contribution >= 0.6 is 0 Å². The molecule has 1 N–H and O–H groups in total. The molecular weight excluding hydrogens is 357 g/mol. The maximum Gasteiger partial charge on any atom is 0.317 e. The van der Waals surface area contributed by atoms with Gasteiger partial charge in [0.2, 0.25) is 0 Å². The van der Waals surface area contributed by atoms with E-state index in [9.17, 15) is 9.18 Å². The molecule has 2 aliphatic rings. The maximum atomic E-state index is 13.2. The number of carbonyl (C=O) groups excluding carboxylic acids is 1. The molecular formula is C22H26FN3O2. The number of hydrogen-bond acceptors (Lipinski definition) is 3. The molecule has 0 atom stereocenters. The van der Waals surface area contributed by atoms with Crippen molar-refractivity contribution in [2.45, 2.75) is 18.3 Å². The fourth-order valence-electron chi connectivity index (χ4n) is 3.84. The molecule has 1 saturated heterocycles. The summed E-state index contributed by atoms with van der Waals surface area (Å²) in [4.78, 5) is 16.8. The van der Waals surface area contributed by atoms with E-state index in [-0.39, 0.29) is 17.3 Å². The number of carbonyl (C=O) groups is 1. The van der Waals surface area contributed by atoms with Gasteiger partial charge >= 0.3 is 6.03 Å². The Balaban J connectivity index is 1.28. The number of benzene rings is 2. The highest BCUT2D eigenvalue weighted by molar-refractivity contribution is 5.75. The zero-order chi connectivity index (χ0) is 19.6.